The second-order valence-electron chi connectivity index (χ2n) is 4.60. The molecule has 0 radical (unpaired) electrons. The zero-order valence-electron chi connectivity index (χ0n) is 12.3. The summed E-state index contributed by atoms with van der Waals surface area (Å²) in [5, 5.41) is 3.23. The number of nitrogens with one attached hydrogen (secondary N) is 1. The predicted octanol–water partition coefficient (Wildman–Crippen LogP) is 3.16. The molecule has 20 heavy (non-hydrogen) atoms. The fraction of sp³-hybridized carbons (Fsp3) is 0.312. The number of hydrogen-bond donors (Lipinski definition) is 1. The van der Waals surface area contributed by atoms with E-state index in [0.717, 1.165) is 36.0 Å². The van der Waals surface area contributed by atoms with Gasteiger partial charge in [0, 0.05) is 25.3 Å². The summed E-state index contributed by atoms with van der Waals surface area (Å²) in [5.41, 5.74) is 2.15. The Balaban J connectivity index is 2.10. The smallest absolute Gasteiger partial charge is 0.126 e. The molecule has 0 spiro atoms. The van der Waals surface area contributed by atoms with Crippen LogP contribution >= 0.6 is 0 Å². The van der Waals surface area contributed by atoms with Gasteiger partial charge in [-0.05, 0) is 31.2 Å². The first-order chi connectivity index (χ1) is 9.72. The second-order valence-corrected chi connectivity index (χ2v) is 4.60. The van der Waals surface area contributed by atoms with E-state index in [1.165, 1.54) is 0 Å². The van der Waals surface area contributed by atoms with Crippen LogP contribution in [-0.4, -0.2) is 25.7 Å². The van der Waals surface area contributed by atoms with Crippen LogP contribution in [0.15, 0.2) is 42.5 Å². The first kappa shape index (κ1) is 14.2. The number of aromatic nitrogens is 1. The molecule has 1 N–H and O–H groups in total. The van der Waals surface area contributed by atoms with Crippen LogP contribution in [0.4, 0.5) is 11.5 Å². The average Bonchev–Trinajstić information content (AvgIpc) is 2.48. The highest BCUT2D eigenvalue weighted by Crippen LogP contribution is 2.21. The Morgan fingerprint density at radius 2 is 2.00 bits per heavy atom. The number of ether oxygens (including phenoxy) is 1. The van der Waals surface area contributed by atoms with Gasteiger partial charge in [-0.1, -0.05) is 12.1 Å². The lowest BCUT2D eigenvalue weighted by molar-refractivity contribution is 0.415. The van der Waals surface area contributed by atoms with Crippen LogP contribution in [-0.2, 0) is 6.54 Å². The summed E-state index contributed by atoms with van der Waals surface area (Å²) in [6.07, 6.45) is 0. The van der Waals surface area contributed by atoms with Crippen molar-refractivity contribution in [3.05, 3.63) is 48.2 Å². The number of anilines is 2. The van der Waals surface area contributed by atoms with Gasteiger partial charge in [-0.3, -0.25) is 0 Å². The lowest BCUT2D eigenvalue weighted by Crippen LogP contribution is -2.17. The third-order valence-corrected chi connectivity index (χ3v) is 3.06. The van der Waals surface area contributed by atoms with Crippen molar-refractivity contribution in [2.75, 3.05) is 30.9 Å². The van der Waals surface area contributed by atoms with Crippen LogP contribution in [0.5, 0.6) is 5.75 Å². The summed E-state index contributed by atoms with van der Waals surface area (Å²) in [7, 11) is 3.73. The van der Waals surface area contributed by atoms with Crippen LogP contribution in [0, 0.1) is 0 Å². The molecule has 1 aromatic carbocycles. The molecule has 2 rings (SSSR count). The van der Waals surface area contributed by atoms with Gasteiger partial charge >= 0.3 is 0 Å². The van der Waals surface area contributed by atoms with E-state index in [4.69, 9.17) is 4.74 Å². The molecule has 0 aliphatic heterocycles. The predicted molar refractivity (Wildman–Crippen MR) is 83.5 cm³/mol. The molecule has 0 saturated carbocycles. The minimum absolute atomic E-state index is 0.756. The van der Waals surface area contributed by atoms with Gasteiger partial charge in [0.25, 0.3) is 0 Å². The molecule has 4 nitrogen and oxygen atoms in total. The van der Waals surface area contributed by atoms with Gasteiger partial charge in [0.2, 0.25) is 0 Å². The molecular formula is C16H21N3O. The zero-order valence-corrected chi connectivity index (χ0v) is 12.3. The van der Waals surface area contributed by atoms with Crippen LogP contribution in [0.1, 0.15) is 12.6 Å². The summed E-state index contributed by atoms with van der Waals surface area (Å²) in [6, 6.07) is 14.1. The zero-order chi connectivity index (χ0) is 14.4. The minimum Gasteiger partial charge on any atom is -0.497 e. The molecule has 0 aliphatic carbocycles. The maximum Gasteiger partial charge on any atom is 0.126 e. The highest BCUT2D eigenvalue weighted by atomic mass is 16.5. The lowest BCUT2D eigenvalue weighted by Gasteiger charge is -2.19. The fourth-order valence-electron chi connectivity index (χ4n) is 2.03. The van der Waals surface area contributed by atoms with E-state index >= 15 is 0 Å². The highest BCUT2D eigenvalue weighted by Gasteiger charge is 2.05. The maximum absolute atomic E-state index is 5.25. The Hall–Kier alpha value is -2.23. The summed E-state index contributed by atoms with van der Waals surface area (Å²) in [6.45, 7) is 3.70. The summed E-state index contributed by atoms with van der Waals surface area (Å²) in [4.78, 5) is 6.74. The van der Waals surface area contributed by atoms with Crippen molar-refractivity contribution in [3.63, 3.8) is 0 Å². The van der Waals surface area contributed by atoms with Crippen molar-refractivity contribution in [1.82, 2.24) is 4.98 Å². The first-order valence-electron chi connectivity index (χ1n) is 6.78. The molecule has 0 unspecified atom stereocenters. The highest BCUT2D eigenvalue weighted by molar-refractivity contribution is 5.50. The number of methoxy groups -OCH3 is 1. The number of nitrogens with zero attached hydrogens (tertiary/aromatic N) is 2. The summed E-state index contributed by atoms with van der Waals surface area (Å²) < 4.78 is 5.25. The molecule has 0 fully saturated rings. The van der Waals surface area contributed by atoms with Crippen LogP contribution in [0.2, 0.25) is 0 Å². The van der Waals surface area contributed by atoms with E-state index < -0.39 is 0 Å². The maximum atomic E-state index is 5.25. The molecule has 0 bridgehead atoms. The number of benzene rings is 1. The van der Waals surface area contributed by atoms with Crippen molar-refractivity contribution in [2.24, 2.45) is 0 Å². The number of rotatable bonds is 6. The second kappa shape index (κ2) is 6.80. The molecule has 4 heteroatoms. The van der Waals surface area contributed by atoms with Crippen LogP contribution in [0.3, 0.4) is 0 Å². The van der Waals surface area contributed by atoms with E-state index in [2.05, 4.69) is 35.2 Å². The molecule has 2 aromatic rings. The van der Waals surface area contributed by atoms with Gasteiger partial charge in [0.15, 0.2) is 0 Å². The van der Waals surface area contributed by atoms with Gasteiger partial charge in [-0.15, -0.1) is 0 Å². The quantitative estimate of drug-likeness (QED) is 0.875. The van der Waals surface area contributed by atoms with E-state index in [9.17, 15) is 0 Å². The Labute approximate surface area is 120 Å². The fourth-order valence-corrected chi connectivity index (χ4v) is 2.03. The molecule has 1 aromatic heterocycles. The molecular weight excluding hydrogens is 250 g/mol. The van der Waals surface area contributed by atoms with E-state index in [1.54, 1.807) is 7.11 Å². The minimum atomic E-state index is 0.756. The van der Waals surface area contributed by atoms with Crippen LogP contribution < -0.4 is 15.0 Å². The monoisotopic (exact) mass is 271 g/mol. The molecule has 1 heterocycles. The Morgan fingerprint density at radius 3 is 2.75 bits per heavy atom. The lowest BCUT2D eigenvalue weighted by atomic mass is 10.2. The van der Waals surface area contributed by atoms with E-state index in [0.29, 0.717) is 0 Å². The average molecular weight is 271 g/mol. The van der Waals surface area contributed by atoms with Crippen molar-refractivity contribution in [3.8, 4) is 5.75 Å². The molecule has 0 saturated heterocycles. The number of pyridine rings is 1. The van der Waals surface area contributed by atoms with Gasteiger partial charge in [-0.25, -0.2) is 4.98 Å². The Morgan fingerprint density at radius 1 is 1.20 bits per heavy atom. The van der Waals surface area contributed by atoms with Gasteiger partial charge in [0.1, 0.15) is 11.6 Å². The normalized spacial score (nSPS) is 10.2. The van der Waals surface area contributed by atoms with Gasteiger partial charge in [-0.2, -0.15) is 0 Å². The SMILES string of the molecule is CCNc1cccc(CN(C)c2cccc(OC)c2)n1. The van der Waals surface area contributed by atoms with Gasteiger partial charge < -0.3 is 15.0 Å². The molecule has 106 valence electrons. The molecule has 0 amide bonds. The van der Waals surface area contributed by atoms with E-state index in [-0.39, 0.29) is 0 Å². The largest absolute Gasteiger partial charge is 0.497 e. The van der Waals surface area contributed by atoms with Crippen molar-refractivity contribution in [1.29, 1.82) is 0 Å². The van der Waals surface area contributed by atoms with Crippen molar-refractivity contribution in [2.45, 2.75) is 13.5 Å². The molecule has 0 aliphatic rings. The molecule has 0 atom stereocenters. The Kier molecular flexibility index (Phi) is 4.82. The van der Waals surface area contributed by atoms with Crippen molar-refractivity contribution >= 4 is 11.5 Å². The first-order valence-corrected chi connectivity index (χ1v) is 6.78. The third-order valence-electron chi connectivity index (χ3n) is 3.06. The Bertz CT molecular complexity index is 557. The third kappa shape index (κ3) is 3.63. The van der Waals surface area contributed by atoms with Crippen molar-refractivity contribution < 1.29 is 4.74 Å². The summed E-state index contributed by atoms with van der Waals surface area (Å²) in [5.74, 6) is 1.78. The standard InChI is InChI=1S/C16H21N3O/c1-4-17-16-10-5-7-13(18-16)12-19(2)14-8-6-9-15(11-14)20-3/h5-11H,4,12H2,1-3H3,(H,17,18). The topological polar surface area (TPSA) is 37.4 Å². The summed E-state index contributed by atoms with van der Waals surface area (Å²) >= 11 is 0. The van der Waals surface area contributed by atoms with Gasteiger partial charge in [0.05, 0.1) is 19.3 Å². The number of hydrogen-bond acceptors (Lipinski definition) is 4. The van der Waals surface area contributed by atoms with E-state index in [1.807, 2.05) is 36.4 Å². The van der Waals surface area contributed by atoms with Crippen LogP contribution in [0.25, 0.3) is 0 Å².